The summed E-state index contributed by atoms with van der Waals surface area (Å²) in [6.07, 6.45) is 3.40. The quantitative estimate of drug-likeness (QED) is 0.861. The molecule has 0 spiro atoms. The lowest BCUT2D eigenvalue weighted by atomic mass is 9.92. The minimum Gasteiger partial charge on any atom is -0.453 e. The summed E-state index contributed by atoms with van der Waals surface area (Å²) in [6.45, 7) is 5.60. The number of ether oxygens (including phenoxy) is 2. The van der Waals surface area contributed by atoms with Gasteiger partial charge < -0.3 is 19.7 Å². The summed E-state index contributed by atoms with van der Waals surface area (Å²) in [5, 5.41) is 2.69. The number of carbonyl (C=O) groups is 2. The van der Waals surface area contributed by atoms with Crippen LogP contribution in [-0.2, 0) is 14.3 Å². The number of carbonyl (C=O) groups excluding carboxylic acids is 2. The SMILES string of the molecule is COC(=O)NC(C)(C(=O)N1C(C)CC2CCCC21)[C@H](C)OC. The fourth-order valence-electron chi connectivity index (χ4n) is 3.98. The zero-order valence-corrected chi connectivity index (χ0v) is 14.2. The number of methoxy groups -OCH3 is 2. The van der Waals surface area contributed by atoms with E-state index in [0.29, 0.717) is 12.0 Å². The molecule has 6 nitrogen and oxygen atoms in total. The molecule has 126 valence electrons. The predicted molar refractivity (Wildman–Crippen MR) is 82.5 cm³/mol. The van der Waals surface area contributed by atoms with Gasteiger partial charge in [-0.15, -0.1) is 0 Å². The van der Waals surface area contributed by atoms with Gasteiger partial charge in [0.25, 0.3) is 5.91 Å². The third-order valence-corrected chi connectivity index (χ3v) is 5.49. The maximum atomic E-state index is 13.2. The van der Waals surface area contributed by atoms with E-state index in [1.165, 1.54) is 20.0 Å². The third-order valence-electron chi connectivity index (χ3n) is 5.49. The van der Waals surface area contributed by atoms with Crippen molar-refractivity contribution >= 4 is 12.0 Å². The first kappa shape index (κ1) is 17.1. The highest BCUT2D eigenvalue weighted by molar-refractivity contribution is 5.91. The van der Waals surface area contributed by atoms with E-state index in [9.17, 15) is 9.59 Å². The number of nitrogens with one attached hydrogen (secondary N) is 1. The van der Waals surface area contributed by atoms with Crippen molar-refractivity contribution in [3.8, 4) is 0 Å². The fraction of sp³-hybridized carbons (Fsp3) is 0.875. The molecule has 0 radical (unpaired) electrons. The summed E-state index contributed by atoms with van der Waals surface area (Å²) in [5.41, 5.74) is -1.13. The molecule has 0 aromatic rings. The van der Waals surface area contributed by atoms with Crippen LogP contribution in [0, 0.1) is 5.92 Å². The number of fused-ring (bicyclic) bond motifs is 1. The minimum absolute atomic E-state index is 0.0749. The first-order chi connectivity index (χ1) is 10.3. The van der Waals surface area contributed by atoms with Gasteiger partial charge >= 0.3 is 6.09 Å². The van der Waals surface area contributed by atoms with Gasteiger partial charge in [-0.3, -0.25) is 4.79 Å². The lowest BCUT2D eigenvalue weighted by Crippen LogP contribution is -2.65. The monoisotopic (exact) mass is 312 g/mol. The Morgan fingerprint density at radius 2 is 2.00 bits per heavy atom. The maximum Gasteiger partial charge on any atom is 0.407 e. The molecule has 2 rings (SSSR count). The number of amides is 2. The van der Waals surface area contributed by atoms with Gasteiger partial charge in [-0.25, -0.2) is 4.79 Å². The van der Waals surface area contributed by atoms with Crippen LogP contribution >= 0.6 is 0 Å². The zero-order chi connectivity index (χ0) is 16.5. The molecule has 1 N–H and O–H groups in total. The third kappa shape index (κ3) is 2.81. The van der Waals surface area contributed by atoms with Crippen LogP contribution in [0.25, 0.3) is 0 Å². The second-order valence-electron chi connectivity index (χ2n) is 6.75. The molecule has 2 amide bonds. The summed E-state index contributed by atoms with van der Waals surface area (Å²) in [6, 6.07) is 0.496. The van der Waals surface area contributed by atoms with Crippen LogP contribution < -0.4 is 5.32 Å². The summed E-state index contributed by atoms with van der Waals surface area (Å²) in [4.78, 5) is 26.9. The van der Waals surface area contributed by atoms with E-state index in [1.54, 1.807) is 21.0 Å². The van der Waals surface area contributed by atoms with Crippen molar-refractivity contribution in [2.45, 2.75) is 70.2 Å². The van der Waals surface area contributed by atoms with Gasteiger partial charge in [0.15, 0.2) is 0 Å². The molecule has 2 fully saturated rings. The molecule has 22 heavy (non-hydrogen) atoms. The van der Waals surface area contributed by atoms with Crippen molar-refractivity contribution in [3.63, 3.8) is 0 Å². The van der Waals surface area contributed by atoms with Gasteiger partial charge in [0.05, 0.1) is 13.2 Å². The average molecular weight is 312 g/mol. The van der Waals surface area contributed by atoms with Crippen molar-refractivity contribution < 1.29 is 19.1 Å². The molecule has 1 saturated heterocycles. The van der Waals surface area contributed by atoms with E-state index < -0.39 is 17.7 Å². The lowest BCUT2D eigenvalue weighted by Gasteiger charge is -2.40. The van der Waals surface area contributed by atoms with Crippen LogP contribution in [0.2, 0.25) is 0 Å². The number of nitrogens with zero attached hydrogens (tertiary/aromatic N) is 1. The summed E-state index contributed by atoms with van der Waals surface area (Å²) in [7, 11) is 2.84. The molecular formula is C16H28N2O4. The zero-order valence-electron chi connectivity index (χ0n) is 14.2. The Morgan fingerprint density at radius 3 is 2.59 bits per heavy atom. The summed E-state index contributed by atoms with van der Waals surface area (Å²) in [5.74, 6) is 0.522. The van der Waals surface area contributed by atoms with Crippen molar-refractivity contribution in [1.82, 2.24) is 10.2 Å². The Balaban J connectivity index is 2.26. The van der Waals surface area contributed by atoms with Crippen LogP contribution in [0.3, 0.4) is 0 Å². The Kier molecular flexibility index (Phi) is 5.00. The maximum absolute atomic E-state index is 13.2. The van der Waals surface area contributed by atoms with E-state index in [4.69, 9.17) is 9.47 Å². The minimum atomic E-state index is -1.13. The molecule has 1 heterocycles. The van der Waals surface area contributed by atoms with Gasteiger partial charge in [-0.1, -0.05) is 6.42 Å². The number of hydrogen-bond donors (Lipinski definition) is 1. The van der Waals surface area contributed by atoms with Crippen molar-refractivity contribution in [1.29, 1.82) is 0 Å². The number of rotatable bonds is 4. The van der Waals surface area contributed by atoms with E-state index in [0.717, 1.165) is 12.8 Å². The number of likely N-dealkylation sites (tertiary alicyclic amines) is 1. The van der Waals surface area contributed by atoms with Gasteiger partial charge in [-0.05, 0) is 46.0 Å². The normalized spacial score (nSPS) is 31.3. The lowest BCUT2D eigenvalue weighted by molar-refractivity contribution is -0.145. The Morgan fingerprint density at radius 1 is 1.32 bits per heavy atom. The molecule has 0 aromatic carbocycles. The highest BCUT2D eigenvalue weighted by Gasteiger charge is 2.51. The smallest absolute Gasteiger partial charge is 0.407 e. The van der Waals surface area contributed by atoms with Crippen molar-refractivity contribution in [2.75, 3.05) is 14.2 Å². The topological polar surface area (TPSA) is 67.9 Å². The van der Waals surface area contributed by atoms with E-state index in [1.807, 2.05) is 4.90 Å². The number of hydrogen-bond acceptors (Lipinski definition) is 4. The second-order valence-corrected chi connectivity index (χ2v) is 6.75. The molecule has 1 aliphatic carbocycles. The van der Waals surface area contributed by atoms with E-state index >= 15 is 0 Å². The molecule has 5 atom stereocenters. The van der Waals surface area contributed by atoms with Crippen LogP contribution in [0.5, 0.6) is 0 Å². The standard InChI is InChI=1S/C16H28N2O4/c1-10-9-12-7-6-8-13(12)18(10)14(19)16(3,11(2)21-4)17-15(20)22-5/h10-13H,6-9H2,1-5H3,(H,17,20)/t10?,11-,12?,13?,16?/m0/s1. The number of alkyl carbamates (subject to hydrolysis) is 1. The molecule has 2 aliphatic rings. The molecule has 6 heteroatoms. The molecule has 0 aromatic heterocycles. The Hall–Kier alpha value is -1.30. The molecule has 4 unspecified atom stereocenters. The average Bonchev–Trinajstić information content (AvgIpc) is 3.04. The molecular weight excluding hydrogens is 284 g/mol. The highest BCUT2D eigenvalue weighted by Crippen LogP contribution is 2.42. The predicted octanol–water partition coefficient (Wildman–Crippen LogP) is 1.93. The van der Waals surface area contributed by atoms with Gasteiger partial charge in [-0.2, -0.15) is 0 Å². The van der Waals surface area contributed by atoms with Gasteiger partial charge in [0, 0.05) is 19.2 Å². The first-order valence-electron chi connectivity index (χ1n) is 8.06. The van der Waals surface area contributed by atoms with Crippen molar-refractivity contribution in [2.24, 2.45) is 5.92 Å². The van der Waals surface area contributed by atoms with Gasteiger partial charge in [0.1, 0.15) is 5.54 Å². The Bertz CT molecular complexity index is 442. The van der Waals surface area contributed by atoms with Gasteiger partial charge in [0.2, 0.25) is 0 Å². The van der Waals surface area contributed by atoms with Crippen LogP contribution in [-0.4, -0.2) is 54.8 Å². The largest absolute Gasteiger partial charge is 0.453 e. The molecule has 1 saturated carbocycles. The first-order valence-corrected chi connectivity index (χ1v) is 8.06. The van der Waals surface area contributed by atoms with E-state index in [-0.39, 0.29) is 11.9 Å². The molecule has 0 bridgehead atoms. The Labute approximate surface area is 132 Å². The van der Waals surface area contributed by atoms with Crippen LogP contribution in [0.1, 0.15) is 46.5 Å². The summed E-state index contributed by atoms with van der Waals surface area (Å²) < 4.78 is 10.1. The van der Waals surface area contributed by atoms with E-state index in [2.05, 4.69) is 12.2 Å². The summed E-state index contributed by atoms with van der Waals surface area (Å²) >= 11 is 0. The fourth-order valence-corrected chi connectivity index (χ4v) is 3.98. The van der Waals surface area contributed by atoms with Crippen molar-refractivity contribution in [3.05, 3.63) is 0 Å². The molecule has 1 aliphatic heterocycles. The highest BCUT2D eigenvalue weighted by atomic mass is 16.5. The van der Waals surface area contributed by atoms with Crippen LogP contribution in [0.4, 0.5) is 4.79 Å². The van der Waals surface area contributed by atoms with Crippen LogP contribution in [0.15, 0.2) is 0 Å². The second kappa shape index (κ2) is 6.44.